The number of carbonyl (C=O) groups excluding carboxylic acids is 1. The van der Waals surface area contributed by atoms with Crippen LogP contribution in [0.5, 0.6) is 0 Å². The van der Waals surface area contributed by atoms with Gasteiger partial charge in [-0.3, -0.25) is 5.32 Å². The highest BCUT2D eigenvalue weighted by molar-refractivity contribution is 6.00. The quantitative estimate of drug-likeness (QED) is 0.847. The number of aryl methyl sites for hydroxylation is 2. The van der Waals surface area contributed by atoms with Gasteiger partial charge in [-0.2, -0.15) is 0 Å². The van der Waals surface area contributed by atoms with Crippen LogP contribution in [0, 0.1) is 13.8 Å². The molecule has 0 aromatic heterocycles. The second kappa shape index (κ2) is 5.34. The molecule has 0 unspecified atom stereocenters. The Morgan fingerprint density at radius 3 is 2.53 bits per heavy atom. The Bertz CT molecular complexity index is 454. The van der Waals surface area contributed by atoms with Crippen LogP contribution in [-0.2, 0) is 4.74 Å². The highest BCUT2D eigenvalue weighted by Gasteiger charge is 2.15. The summed E-state index contributed by atoms with van der Waals surface area (Å²) in [6.07, 6.45) is -0.651. The molecule has 0 aliphatic rings. The van der Waals surface area contributed by atoms with Crippen molar-refractivity contribution in [2.45, 2.75) is 20.8 Å². The molecule has 5 heteroatoms. The maximum absolute atomic E-state index is 11.3. The molecule has 0 aliphatic heterocycles. The van der Waals surface area contributed by atoms with Crippen LogP contribution in [0.3, 0.4) is 0 Å². The molecule has 0 saturated carbocycles. The second-order valence-corrected chi connectivity index (χ2v) is 3.66. The SMILES string of the molecule is CCOC(=O)Nc1c(C)cc(C)cc1C(=O)O. The highest BCUT2D eigenvalue weighted by atomic mass is 16.5. The van der Waals surface area contributed by atoms with Crippen LogP contribution in [0.2, 0.25) is 0 Å². The zero-order valence-corrected chi connectivity index (χ0v) is 10.0. The first-order chi connectivity index (χ1) is 7.95. The number of ether oxygens (including phenoxy) is 1. The number of anilines is 1. The van der Waals surface area contributed by atoms with Gasteiger partial charge in [0.2, 0.25) is 0 Å². The lowest BCUT2D eigenvalue weighted by Crippen LogP contribution is -2.17. The minimum absolute atomic E-state index is 0.0653. The first-order valence-corrected chi connectivity index (χ1v) is 5.24. The zero-order valence-electron chi connectivity index (χ0n) is 10.0. The summed E-state index contributed by atoms with van der Waals surface area (Å²) in [5.41, 5.74) is 1.86. The molecule has 0 saturated heterocycles. The van der Waals surface area contributed by atoms with Gasteiger partial charge in [-0.05, 0) is 38.0 Å². The second-order valence-electron chi connectivity index (χ2n) is 3.66. The van der Waals surface area contributed by atoms with Crippen molar-refractivity contribution >= 4 is 17.7 Å². The van der Waals surface area contributed by atoms with E-state index in [1.165, 1.54) is 6.07 Å². The average molecular weight is 237 g/mol. The predicted octanol–water partition coefficient (Wildman–Crippen LogP) is 2.57. The number of rotatable bonds is 3. The molecule has 0 fully saturated rings. The molecule has 92 valence electrons. The molecule has 1 aromatic carbocycles. The highest BCUT2D eigenvalue weighted by Crippen LogP contribution is 2.23. The third kappa shape index (κ3) is 3.21. The standard InChI is InChI=1S/C12H15NO4/c1-4-17-12(16)13-10-8(3)5-7(2)6-9(10)11(14)15/h5-6H,4H2,1-3H3,(H,13,16)(H,14,15). The van der Waals surface area contributed by atoms with Crippen molar-refractivity contribution in [1.82, 2.24) is 0 Å². The van der Waals surface area contributed by atoms with Gasteiger partial charge in [0.05, 0.1) is 17.9 Å². The van der Waals surface area contributed by atoms with Gasteiger partial charge in [-0.15, -0.1) is 0 Å². The lowest BCUT2D eigenvalue weighted by atomic mass is 10.0. The van der Waals surface area contributed by atoms with Crippen molar-refractivity contribution < 1.29 is 19.4 Å². The van der Waals surface area contributed by atoms with Gasteiger partial charge in [0.25, 0.3) is 0 Å². The smallest absolute Gasteiger partial charge is 0.411 e. The lowest BCUT2D eigenvalue weighted by molar-refractivity contribution is 0.0698. The molecule has 2 N–H and O–H groups in total. The Hall–Kier alpha value is -2.04. The van der Waals surface area contributed by atoms with Crippen LogP contribution >= 0.6 is 0 Å². The first-order valence-electron chi connectivity index (χ1n) is 5.24. The number of aromatic carboxylic acids is 1. The van der Waals surface area contributed by atoms with Gasteiger partial charge in [0, 0.05) is 0 Å². The van der Waals surface area contributed by atoms with Crippen molar-refractivity contribution in [3.8, 4) is 0 Å². The van der Waals surface area contributed by atoms with E-state index in [1.54, 1.807) is 26.8 Å². The third-order valence-electron chi connectivity index (χ3n) is 2.21. The van der Waals surface area contributed by atoms with Gasteiger partial charge < -0.3 is 9.84 Å². The van der Waals surface area contributed by atoms with Crippen LogP contribution in [0.15, 0.2) is 12.1 Å². The molecule has 5 nitrogen and oxygen atoms in total. The van der Waals surface area contributed by atoms with E-state index in [2.05, 4.69) is 5.32 Å². The van der Waals surface area contributed by atoms with Crippen molar-refractivity contribution in [1.29, 1.82) is 0 Å². The number of hydrogen-bond acceptors (Lipinski definition) is 3. The molecular formula is C12H15NO4. The number of carboxylic acid groups (broad SMARTS) is 1. The summed E-state index contributed by atoms with van der Waals surface area (Å²) < 4.78 is 4.72. The van der Waals surface area contributed by atoms with Gasteiger partial charge in [0.15, 0.2) is 0 Å². The first kappa shape index (κ1) is 13.0. The molecular weight excluding hydrogens is 222 g/mol. The average Bonchev–Trinajstić information content (AvgIpc) is 2.21. The number of benzene rings is 1. The Morgan fingerprint density at radius 1 is 1.35 bits per heavy atom. The molecule has 0 aliphatic carbocycles. The summed E-state index contributed by atoms with van der Waals surface area (Å²) in [6, 6.07) is 3.31. The van der Waals surface area contributed by atoms with E-state index in [-0.39, 0.29) is 17.9 Å². The van der Waals surface area contributed by atoms with Gasteiger partial charge >= 0.3 is 12.1 Å². The fourth-order valence-electron chi connectivity index (χ4n) is 1.57. The monoisotopic (exact) mass is 237 g/mol. The molecule has 1 amide bonds. The van der Waals surface area contributed by atoms with Crippen molar-refractivity contribution in [3.05, 3.63) is 28.8 Å². The number of hydrogen-bond donors (Lipinski definition) is 2. The summed E-state index contributed by atoms with van der Waals surface area (Å²) in [7, 11) is 0. The summed E-state index contributed by atoms with van der Waals surface area (Å²) in [5, 5.41) is 11.5. The van der Waals surface area contributed by atoms with E-state index in [9.17, 15) is 9.59 Å². The van der Waals surface area contributed by atoms with Gasteiger partial charge in [0.1, 0.15) is 0 Å². The molecule has 0 bridgehead atoms. The number of amides is 1. The molecule has 1 aromatic rings. The Balaban J connectivity index is 3.12. The number of carbonyl (C=O) groups is 2. The molecule has 17 heavy (non-hydrogen) atoms. The van der Waals surface area contributed by atoms with Gasteiger partial charge in [-0.1, -0.05) is 6.07 Å². The molecule has 0 radical (unpaired) electrons. The molecule has 0 spiro atoms. The maximum Gasteiger partial charge on any atom is 0.411 e. The number of nitrogens with one attached hydrogen (secondary N) is 1. The summed E-state index contributed by atoms with van der Waals surface area (Å²) in [4.78, 5) is 22.4. The predicted molar refractivity (Wildman–Crippen MR) is 63.5 cm³/mol. The summed E-state index contributed by atoms with van der Waals surface area (Å²) >= 11 is 0. The lowest BCUT2D eigenvalue weighted by Gasteiger charge is -2.12. The zero-order chi connectivity index (χ0) is 13.0. The summed E-state index contributed by atoms with van der Waals surface area (Å²) in [5.74, 6) is -1.08. The Morgan fingerprint density at radius 2 is 2.00 bits per heavy atom. The van der Waals surface area contributed by atoms with E-state index in [1.807, 2.05) is 0 Å². The van der Waals surface area contributed by atoms with E-state index in [0.717, 1.165) is 5.56 Å². The number of carboxylic acids is 1. The normalized spacial score (nSPS) is 9.82. The minimum Gasteiger partial charge on any atom is -0.478 e. The van der Waals surface area contributed by atoms with E-state index in [4.69, 9.17) is 9.84 Å². The van der Waals surface area contributed by atoms with E-state index in [0.29, 0.717) is 5.56 Å². The molecule has 1 rings (SSSR count). The van der Waals surface area contributed by atoms with Crippen LogP contribution in [0.25, 0.3) is 0 Å². The fraction of sp³-hybridized carbons (Fsp3) is 0.333. The maximum atomic E-state index is 11.3. The Kier molecular flexibility index (Phi) is 4.09. The Labute approximate surface area is 99.4 Å². The van der Waals surface area contributed by atoms with Gasteiger partial charge in [-0.25, -0.2) is 9.59 Å². The van der Waals surface area contributed by atoms with Crippen LogP contribution < -0.4 is 5.32 Å². The van der Waals surface area contributed by atoms with Crippen molar-refractivity contribution in [2.24, 2.45) is 0 Å². The van der Waals surface area contributed by atoms with Crippen LogP contribution in [0.1, 0.15) is 28.4 Å². The minimum atomic E-state index is -1.08. The van der Waals surface area contributed by atoms with E-state index < -0.39 is 12.1 Å². The van der Waals surface area contributed by atoms with Crippen LogP contribution in [0.4, 0.5) is 10.5 Å². The van der Waals surface area contributed by atoms with E-state index >= 15 is 0 Å². The third-order valence-corrected chi connectivity index (χ3v) is 2.21. The largest absolute Gasteiger partial charge is 0.478 e. The topological polar surface area (TPSA) is 75.6 Å². The van der Waals surface area contributed by atoms with Crippen molar-refractivity contribution in [3.63, 3.8) is 0 Å². The molecule has 0 atom stereocenters. The van der Waals surface area contributed by atoms with Crippen molar-refractivity contribution in [2.75, 3.05) is 11.9 Å². The molecule has 0 heterocycles. The summed E-state index contributed by atoms with van der Waals surface area (Å²) in [6.45, 7) is 5.45. The van der Waals surface area contributed by atoms with Crippen LogP contribution in [-0.4, -0.2) is 23.8 Å². The fourth-order valence-corrected chi connectivity index (χ4v) is 1.57.